The lowest BCUT2D eigenvalue weighted by atomic mass is 9.86. The Hall–Kier alpha value is -1.72. The average molecular weight is 344 g/mol. The molecule has 5 heteroatoms. The molecule has 2 aromatic rings. The van der Waals surface area contributed by atoms with E-state index in [2.05, 4.69) is 22.4 Å². The van der Waals surface area contributed by atoms with Crippen molar-refractivity contribution in [1.82, 2.24) is 10.3 Å². The molecule has 0 bridgehead atoms. The molecule has 1 fully saturated rings. The Morgan fingerprint density at radius 1 is 1.17 bits per heavy atom. The van der Waals surface area contributed by atoms with Crippen LogP contribution in [0.25, 0.3) is 0 Å². The number of aliphatic hydroxyl groups excluding tert-OH is 1. The Morgan fingerprint density at radius 2 is 1.92 bits per heavy atom. The standard InChI is InChI=1S/C19H24N2O2S/c22-12-15-6-9-16(10-7-15)20-19(23)17-13-24-18(21-17)11-8-14-4-2-1-3-5-14/h1-5,13,15-16,22H,6-12H2,(H,20,23). The first-order valence-corrected chi connectivity index (χ1v) is 9.52. The normalized spacial score (nSPS) is 20.7. The summed E-state index contributed by atoms with van der Waals surface area (Å²) in [6.07, 6.45) is 5.68. The molecule has 4 nitrogen and oxygen atoms in total. The molecule has 0 spiro atoms. The fraction of sp³-hybridized carbons (Fsp3) is 0.474. The van der Waals surface area contributed by atoms with Gasteiger partial charge in [-0.3, -0.25) is 4.79 Å². The zero-order valence-corrected chi connectivity index (χ0v) is 14.6. The Labute approximate surface area is 146 Å². The summed E-state index contributed by atoms with van der Waals surface area (Å²) >= 11 is 1.56. The monoisotopic (exact) mass is 344 g/mol. The van der Waals surface area contributed by atoms with Crippen molar-refractivity contribution in [3.63, 3.8) is 0 Å². The van der Waals surface area contributed by atoms with Crippen molar-refractivity contribution in [2.75, 3.05) is 6.61 Å². The van der Waals surface area contributed by atoms with Gasteiger partial charge in [0.2, 0.25) is 0 Å². The van der Waals surface area contributed by atoms with E-state index < -0.39 is 0 Å². The molecule has 0 unspecified atom stereocenters. The number of aromatic nitrogens is 1. The van der Waals surface area contributed by atoms with Gasteiger partial charge in [-0.25, -0.2) is 4.98 Å². The largest absolute Gasteiger partial charge is 0.396 e. The topological polar surface area (TPSA) is 62.2 Å². The Kier molecular flexibility index (Phi) is 5.99. The Balaban J connectivity index is 1.49. The van der Waals surface area contributed by atoms with Crippen LogP contribution in [0, 0.1) is 5.92 Å². The number of nitrogens with one attached hydrogen (secondary N) is 1. The lowest BCUT2D eigenvalue weighted by Crippen LogP contribution is -2.38. The summed E-state index contributed by atoms with van der Waals surface area (Å²) in [5, 5.41) is 15.1. The van der Waals surface area contributed by atoms with E-state index >= 15 is 0 Å². The van der Waals surface area contributed by atoms with Crippen molar-refractivity contribution in [1.29, 1.82) is 0 Å². The third-order valence-electron chi connectivity index (χ3n) is 4.69. The van der Waals surface area contributed by atoms with Gasteiger partial charge < -0.3 is 10.4 Å². The minimum atomic E-state index is -0.0651. The molecule has 1 aliphatic rings. The van der Waals surface area contributed by atoms with Crippen molar-refractivity contribution in [3.05, 3.63) is 52.0 Å². The van der Waals surface area contributed by atoms with Crippen LogP contribution in [0.4, 0.5) is 0 Å². The summed E-state index contributed by atoms with van der Waals surface area (Å²) in [5.41, 5.74) is 1.83. The van der Waals surface area contributed by atoms with E-state index in [1.807, 2.05) is 23.6 Å². The molecule has 1 amide bonds. The second kappa shape index (κ2) is 8.40. The second-order valence-corrected chi connectivity index (χ2v) is 7.43. The van der Waals surface area contributed by atoms with Gasteiger partial charge in [0.1, 0.15) is 5.69 Å². The molecule has 2 N–H and O–H groups in total. The first-order chi connectivity index (χ1) is 11.7. The van der Waals surface area contributed by atoms with E-state index in [0.29, 0.717) is 11.6 Å². The number of aryl methyl sites for hydroxylation is 2. The van der Waals surface area contributed by atoms with Gasteiger partial charge in [-0.05, 0) is 43.6 Å². The molecule has 0 atom stereocenters. The summed E-state index contributed by atoms with van der Waals surface area (Å²) in [6.45, 7) is 0.261. The number of hydrogen-bond acceptors (Lipinski definition) is 4. The molecule has 1 heterocycles. The van der Waals surface area contributed by atoms with Crippen LogP contribution in [0.15, 0.2) is 35.7 Å². The van der Waals surface area contributed by atoms with Crippen LogP contribution in [0.2, 0.25) is 0 Å². The van der Waals surface area contributed by atoms with Crippen molar-refractivity contribution >= 4 is 17.2 Å². The molecule has 1 aromatic carbocycles. The second-order valence-electron chi connectivity index (χ2n) is 6.49. The average Bonchev–Trinajstić information content (AvgIpc) is 3.11. The summed E-state index contributed by atoms with van der Waals surface area (Å²) in [6, 6.07) is 10.6. The van der Waals surface area contributed by atoms with E-state index in [0.717, 1.165) is 43.5 Å². The summed E-state index contributed by atoms with van der Waals surface area (Å²) in [4.78, 5) is 16.8. The maximum absolute atomic E-state index is 12.3. The third kappa shape index (κ3) is 4.65. The fourth-order valence-corrected chi connectivity index (χ4v) is 3.95. The van der Waals surface area contributed by atoms with Crippen molar-refractivity contribution in [2.24, 2.45) is 5.92 Å². The number of aliphatic hydroxyl groups is 1. The predicted octanol–water partition coefficient (Wildman–Crippen LogP) is 3.21. The molecule has 1 aromatic heterocycles. The van der Waals surface area contributed by atoms with E-state index in [4.69, 9.17) is 0 Å². The fourth-order valence-electron chi connectivity index (χ4n) is 3.17. The third-order valence-corrected chi connectivity index (χ3v) is 5.60. The van der Waals surface area contributed by atoms with Crippen LogP contribution in [-0.4, -0.2) is 28.6 Å². The molecule has 1 saturated carbocycles. The lowest BCUT2D eigenvalue weighted by Gasteiger charge is -2.27. The van der Waals surface area contributed by atoms with Gasteiger partial charge >= 0.3 is 0 Å². The van der Waals surface area contributed by atoms with E-state index in [1.54, 1.807) is 11.3 Å². The number of benzene rings is 1. The van der Waals surface area contributed by atoms with Crippen molar-refractivity contribution in [2.45, 2.75) is 44.6 Å². The Morgan fingerprint density at radius 3 is 2.62 bits per heavy atom. The number of thiazole rings is 1. The highest BCUT2D eigenvalue weighted by molar-refractivity contribution is 7.09. The highest BCUT2D eigenvalue weighted by atomic mass is 32.1. The molecular weight excluding hydrogens is 320 g/mol. The number of carbonyl (C=O) groups is 1. The first kappa shape index (κ1) is 17.1. The van der Waals surface area contributed by atoms with Gasteiger partial charge in [-0.2, -0.15) is 0 Å². The van der Waals surface area contributed by atoms with Gasteiger partial charge in [0.15, 0.2) is 0 Å². The summed E-state index contributed by atoms with van der Waals surface area (Å²) in [7, 11) is 0. The van der Waals surface area contributed by atoms with Crippen LogP contribution < -0.4 is 5.32 Å². The Bertz CT molecular complexity index is 648. The molecule has 0 saturated heterocycles. The SMILES string of the molecule is O=C(NC1CCC(CO)CC1)c1csc(CCc2ccccc2)n1. The number of amides is 1. The molecule has 0 aliphatic heterocycles. The molecule has 0 radical (unpaired) electrons. The van der Waals surface area contributed by atoms with Crippen LogP contribution in [0.5, 0.6) is 0 Å². The molecular formula is C19H24N2O2S. The minimum absolute atomic E-state index is 0.0651. The summed E-state index contributed by atoms with van der Waals surface area (Å²) in [5.74, 6) is 0.340. The van der Waals surface area contributed by atoms with Gasteiger partial charge in [0.25, 0.3) is 5.91 Å². The number of rotatable bonds is 6. The minimum Gasteiger partial charge on any atom is -0.396 e. The van der Waals surface area contributed by atoms with Crippen LogP contribution >= 0.6 is 11.3 Å². The number of carbonyl (C=O) groups excluding carboxylic acids is 1. The number of hydrogen-bond donors (Lipinski definition) is 2. The smallest absolute Gasteiger partial charge is 0.270 e. The molecule has 1 aliphatic carbocycles. The van der Waals surface area contributed by atoms with E-state index in [9.17, 15) is 9.90 Å². The highest BCUT2D eigenvalue weighted by Crippen LogP contribution is 2.24. The molecule has 3 rings (SSSR count). The molecule has 128 valence electrons. The lowest BCUT2D eigenvalue weighted by molar-refractivity contribution is 0.0909. The molecule has 24 heavy (non-hydrogen) atoms. The predicted molar refractivity (Wildman–Crippen MR) is 96.3 cm³/mol. The van der Waals surface area contributed by atoms with Gasteiger partial charge in [-0.15, -0.1) is 11.3 Å². The van der Waals surface area contributed by atoms with E-state index in [-0.39, 0.29) is 18.6 Å². The first-order valence-electron chi connectivity index (χ1n) is 8.64. The van der Waals surface area contributed by atoms with Crippen LogP contribution in [-0.2, 0) is 12.8 Å². The van der Waals surface area contributed by atoms with E-state index in [1.165, 1.54) is 5.56 Å². The van der Waals surface area contributed by atoms with Crippen molar-refractivity contribution in [3.8, 4) is 0 Å². The van der Waals surface area contributed by atoms with Gasteiger partial charge in [0, 0.05) is 24.4 Å². The maximum Gasteiger partial charge on any atom is 0.270 e. The van der Waals surface area contributed by atoms with Gasteiger partial charge in [0.05, 0.1) is 5.01 Å². The number of nitrogens with zero attached hydrogens (tertiary/aromatic N) is 1. The van der Waals surface area contributed by atoms with Crippen LogP contribution in [0.3, 0.4) is 0 Å². The zero-order chi connectivity index (χ0) is 16.8. The van der Waals surface area contributed by atoms with Gasteiger partial charge in [-0.1, -0.05) is 30.3 Å². The quantitative estimate of drug-likeness (QED) is 0.846. The zero-order valence-electron chi connectivity index (χ0n) is 13.8. The van der Waals surface area contributed by atoms with Crippen LogP contribution in [0.1, 0.15) is 46.7 Å². The summed E-state index contributed by atoms with van der Waals surface area (Å²) < 4.78 is 0. The van der Waals surface area contributed by atoms with Crippen molar-refractivity contribution < 1.29 is 9.90 Å². The highest BCUT2D eigenvalue weighted by Gasteiger charge is 2.23. The maximum atomic E-state index is 12.3.